The molecule has 2 heterocycles. The van der Waals surface area contributed by atoms with Crippen molar-refractivity contribution < 1.29 is 29.3 Å². The summed E-state index contributed by atoms with van der Waals surface area (Å²) in [5.74, 6) is -3.64. The number of methoxy groups -OCH3 is 1. The summed E-state index contributed by atoms with van der Waals surface area (Å²) < 4.78 is 4.90. The van der Waals surface area contributed by atoms with E-state index in [-0.39, 0.29) is 11.4 Å². The Bertz CT molecular complexity index is 345. The number of carbonyl (C=O) groups excluding carboxylic acids is 1. The maximum atomic E-state index is 11.7. The number of fused-ring (bicyclic) bond motifs is 2. The van der Waals surface area contributed by atoms with Crippen LogP contribution < -0.4 is 0 Å². The number of esters is 1. The number of aliphatic carboxylic acids is 2. The van der Waals surface area contributed by atoms with Crippen molar-refractivity contribution in [1.29, 1.82) is 0 Å². The molecule has 2 bridgehead atoms. The minimum Gasteiger partial charge on any atom is -0.473 e. The molecule has 0 aromatic carbocycles. The van der Waals surface area contributed by atoms with Crippen LogP contribution in [-0.2, 0) is 19.1 Å². The van der Waals surface area contributed by atoms with Crippen molar-refractivity contribution in [3.63, 3.8) is 0 Å². The molecule has 0 aliphatic carbocycles. The molecule has 0 saturated carbocycles. The van der Waals surface area contributed by atoms with Gasteiger partial charge in [-0.1, -0.05) is 0 Å². The number of piperidine rings is 2. The van der Waals surface area contributed by atoms with Crippen LogP contribution in [-0.4, -0.2) is 59.8 Å². The van der Waals surface area contributed by atoms with Crippen molar-refractivity contribution in [3.05, 3.63) is 0 Å². The molecular formula is C12H19NO6. The van der Waals surface area contributed by atoms with Crippen LogP contribution in [0.3, 0.4) is 0 Å². The third kappa shape index (κ3) is 3.92. The van der Waals surface area contributed by atoms with Crippen LogP contribution in [0.15, 0.2) is 0 Å². The van der Waals surface area contributed by atoms with Gasteiger partial charge in [0.2, 0.25) is 0 Å². The molecule has 0 spiro atoms. The van der Waals surface area contributed by atoms with Crippen molar-refractivity contribution in [1.82, 2.24) is 4.90 Å². The summed E-state index contributed by atoms with van der Waals surface area (Å²) in [7, 11) is 1.50. The summed E-state index contributed by atoms with van der Waals surface area (Å²) in [5, 5.41) is 14.8. The first-order valence-electron chi connectivity index (χ1n) is 6.18. The first kappa shape index (κ1) is 15.4. The smallest absolute Gasteiger partial charge is 0.414 e. The molecule has 19 heavy (non-hydrogen) atoms. The van der Waals surface area contributed by atoms with E-state index in [4.69, 9.17) is 24.5 Å². The predicted octanol–water partition coefficient (Wildman–Crippen LogP) is 0.191. The van der Waals surface area contributed by atoms with Gasteiger partial charge in [0, 0.05) is 6.54 Å². The fourth-order valence-corrected chi connectivity index (χ4v) is 2.75. The molecule has 0 unspecified atom stereocenters. The van der Waals surface area contributed by atoms with Crippen molar-refractivity contribution in [2.45, 2.75) is 25.7 Å². The molecule has 0 atom stereocenters. The average Bonchev–Trinajstić information content (AvgIpc) is 2.38. The number of nitrogens with zero attached hydrogens (tertiary/aromatic N) is 1. The van der Waals surface area contributed by atoms with E-state index in [1.807, 2.05) is 0 Å². The number of carboxylic acid groups (broad SMARTS) is 2. The van der Waals surface area contributed by atoms with Crippen LogP contribution >= 0.6 is 0 Å². The molecule has 7 heteroatoms. The summed E-state index contributed by atoms with van der Waals surface area (Å²) in [5.41, 5.74) is -0.148. The van der Waals surface area contributed by atoms with Gasteiger partial charge >= 0.3 is 17.9 Å². The molecule has 7 nitrogen and oxygen atoms in total. The topological polar surface area (TPSA) is 104 Å². The number of carbonyl (C=O) groups is 3. The SMILES string of the molecule is COC(=O)C12CCCN(CCC1)C2.O=C(O)C(=O)O. The van der Waals surface area contributed by atoms with Gasteiger partial charge in [-0.3, -0.25) is 4.79 Å². The lowest BCUT2D eigenvalue weighted by atomic mass is 9.74. The number of hydrogen-bond donors (Lipinski definition) is 2. The molecule has 0 aromatic rings. The molecule has 0 aromatic heterocycles. The van der Waals surface area contributed by atoms with Gasteiger partial charge in [-0.05, 0) is 38.8 Å². The Labute approximate surface area is 111 Å². The predicted molar refractivity (Wildman–Crippen MR) is 64.6 cm³/mol. The Morgan fingerprint density at radius 3 is 1.89 bits per heavy atom. The lowest BCUT2D eigenvalue weighted by Crippen LogP contribution is -2.52. The Morgan fingerprint density at radius 1 is 1.05 bits per heavy atom. The van der Waals surface area contributed by atoms with E-state index in [0.29, 0.717) is 0 Å². The van der Waals surface area contributed by atoms with Gasteiger partial charge in [0.05, 0.1) is 12.5 Å². The van der Waals surface area contributed by atoms with E-state index < -0.39 is 11.9 Å². The van der Waals surface area contributed by atoms with Crippen molar-refractivity contribution >= 4 is 17.9 Å². The average molecular weight is 273 g/mol. The van der Waals surface area contributed by atoms with Gasteiger partial charge in [-0.2, -0.15) is 0 Å². The number of rotatable bonds is 1. The van der Waals surface area contributed by atoms with Crippen LogP contribution in [0.5, 0.6) is 0 Å². The van der Waals surface area contributed by atoms with E-state index in [0.717, 1.165) is 32.2 Å². The van der Waals surface area contributed by atoms with Gasteiger partial charge in [0.1, 0.15) is 0 Å². The van der Waals surface area contributed by atoms with Crippen molar-refractivity contribution in [3.8, 4) is 0 Å². The highest BCUT2D eigenvalue weighted by atomic mass is 16.5. The van der Waals surface area contributed by atoms with Gasteiger partial charge in [0.25, 0.3) is 0 Å². The summed E-state index contributed by atoms with van der Waals surface area (Å²) in [6.07, 6.45) is 4.34. The van der Waals surface area contributed by atoms with Gasteiger partial charge in [-0.15, -0.1) is 0 Å². The molecule has 2 aliphatic rings. The van der Waals surface area contributed by atoms with Gasteiger partial charge in [-0.25, -0.2) is 9.59 Å². The fraction of sp³-hybridized carbons (Fsp3) is 0.750. The summed E-state index contributed by atoms with van der Waals surface area (Å²) in [6, 6.07) is 0. The highest BCUT2D eigenvalue weighted by Crippen LogP contribution is 2.39. The Kier molecular flexibility index (Phi) is 5.29. The van der Waals surface area contributed by atoms with Gasteiger partial charge < -0.3 is 19.8 Å². The molecular weight excluding hydrogens is 254 g/mol. The molecule has 2 rings (SSSR count). The zero-order valence-corrected chi connectivity index (χ0v) is 10.9. The lowest BCUT2D eigenvalue weighted by molar-refractivity contribution is -0.159. The zero-order chi connectivity index (χ0) is 14.5. The third-order valence-electron chi connectivity index (χ3n) is 3.59. The van der Waals surface area contributed by atoms with E-state index in [1.165, 1.54) is 20.2 Å². The lowest BCUT2D eigenvalue weighted by Gasteiger charge is -2.44. The highest BCUT2D eigenvalue weighted by molar-refractivity contribution is 6.27. The monoisotopic (exact) mass is 273 g/mol. The molecule has 0 radical (unpaired) electrons. The summed E-state index contributed by atoms with van der Waals surface area (Å²) in [6.45, 7) is 3.26. The van der Waals surface area contributed by atoms with Crippen LogP contribution in [0.1, 0.15) is 25.7 Å². The van der Waals surface area contributed by atoms with Crippen LogP contribution in [0, 0.1) is 5.41 Å². The quantitative estimate of drug-likeness (QED) is 0.519. The van der Waals surface area contributed by atoms with E-state index in [2.05, 4.69) is 4.90 Å². The minimum absolute atomic E-state index is 0.0110. The number of ether oxygens (including phenoxy) is 1. The van der Waals surface area contributed by atoms with Crippen LogP contribution in [0.2, 0.25) is 0 Å². The molecule has 0 amide bonds. The first-order chi connectivity index (χ1) is 8.91. The summed E-state index contributed by atoms with van der Waals surface area (Å²) in [4.78, 5) is 32.2. The number of carboxylic acids is 2. The van der Waals surface area contributed by atoms with E-state index in [9.17, 15) is 4.79 Å². The Balaban J connectivity index is 0.000000258. The number of hydrogen-bond acceptors (Lipinski definition) is 5. The second-order valence-corrected chi connectivity index (χ2v) is 4.87. The standard InChI is InChI=1S/C10H17NO2.C2H2O4/c1-13-9(12)10-4-2-6-11(8-10)7-3-5-10;3-1(4)2(5)6/h2-8H2,1H3;(H,3,4)(H,5,6). The molecule has 2 aliphatic heterocycles. The fourth-order valence-electron chi connectivity index (χ4n) is 2.75. The minimum atomic E-state index is -1.82. The second kappa shape index (κ2) is 6.51. The van der Waals surface area contributed by atoms with Crippen LogP contribution in [0.4, 0.5) is 0 Å². The van der Waals surface area contributed by atoms with Crippen molar-refractivity contribution in [2.24, 2.45) is 5.41 Å². The first-order valence-corrected chi connectivity index (χ1v) is 6.18. The maximum Gasteiger partial charge on any atom is 0.414 e. The normalized spacial score (nSPS) is 28.6. The molecule has 108 valence electrons. The van der Waals surface area contributed by atoms with E-state index >= 15 is 0 Å². The summed E-state index contributed by atoms with van der Waals surface area (Å²) >= 11 is 0. The molecule has 2 saturated heterocycles. The van der Waals surface area contributed by atoms with E-state index in [1.54, 1.807) is 0 Å². The van der Waals surface area contributed by atoms with Crippen molar-refractivity contribution in [2.75, 3.05) is 26.7 Å². The maximum absolute atomic E-state index is 11.7. The third-order valence-corrected chi connectivity index (χ3v) is 3.59. The van der Waals surface area contributed by atoms with Gasteiger partial charge in [0.15, 0.2) is 0 Å². The molecule has 2 fully saturated rings. The largest absolute Gasteiger partial charge is 0.473 e. The molecule has 2 N–H and O–H groups in total. The second-order valence-electron chi connectivity index (χ2n) is 4.87. The Hall–Kier alpha value is -1.63. The Morgan fingerprint density at radius 2 is 1.53 bits per heavy atom. The zero-order valence-electron chi connectivity index (χ0n) is 10.9. The van der Waals surface area contributed by atoms with Crippen LogP contribution in [0.25, 0.3) is 0 Å². The highest BCUT2D eigenvalue weighted by Gasteiger charge is 2.44.